The third kappa shape index (κ3) is 5.10. The molecule has 2 fully saturated rings. The molecule has 0 aliphatic carbocycles. The Balaban J connectivity index is 1.27. The predicted octanol–water partition coefficient (Wildman–Crippen LogP) is 3.54. The summed E-state index contributed by atoms with van der Waals surface area (Å²) in [7, 11) is -3.46. The lowest BCUT2D eigenvalue weighted by molar-refractivity contribution is 0.0730. The summed E-state index contributed by atoms with van der Waals surface area (Å²) in [6.07, 6.45) is 3.71. The van der Waals surface area contributed by atoms with E-state index in [0.29, 0.717) is 44.3 Å². The van der Waals surface area contributed by atoms with Crippen LogP contribution in [0.4, 0.5) is 5.82 Å². The normalized spacial score (nSPS) is 17.8. The van der Waals surface area contributed by atoms with E-state index in [0.717, 1.165) is 35.4 Å². The Morgan fingerprint density at radius 2 is 1.62 bits per heavy atom. The second-order valence-electron chi connectivity index (χ2n) is 8.98. The number of rotatable bonds is 7. The zero-order valence-electron chi connectivity index (χ0n) is 19.4. The van der Waals surface area contributed by atoms with E-state index in [1.54, 1.807) is 12.1 Å². The molecular formula is C26H32N4O3S. The molecule has 0 unspecified atom stereocenters. The molecule has 0 spiro atoms. The number of piperidine rings is 1. The van der Waals surface area contributed by atoms with Crippen LogP contribution in [0.5, 0.6) is 0 Å². The van der Waals surface area contributed by atoms with E-state index in [1.807, 2.05) is 24.3 Å². The maximum absolute atomic E-state index is 12.8. The molecule has 3 heterocycles. The summed E-state index contributed by atoms with van der Waals surface area (Å²) in [5, 5.41) is 4.69. The van der Waals surface area contributed by atoms with Crippen molar-refractivity contribution in [3.63, 3.8) is 0 Å². The molecule has 0 bridgehead atoms. The van der Waals surface area contributed by atoms with Gasteiger partial charge in [-0.3, -0.25) is 0 Å². The van der Waals surface area contributed by atoms with Crippen molar-refractivity contribution in [1.29, 1.82) is 0 Å². The van der Waals surface area contributed by atoms with Crippen molar-refractivity contribution in [2.75, 3.05) is 44.3 Å². The second kappa shape index (κ2) is 10.4. The van der Waals surface area contributed by atoms with Gasteiger partial charge in [0.25, 0.3) is 0 Å². The molecule has 2 aromatic carbocycles. The third-order valence-electron chi connectivity index (χ3n) is 6.61. The summed E-state index contributed by atoms with van der Waals surface area (Å²) in [6, 6.07) is 17.7. The van der Waals surface area contributed by atoms with E-state index in [-0.39, 0.29) is 0 Å². The van der Waals surface area contributed by atoms with E-state index in [2.05, 4.69) is 28.4 Å². The Morgan fingerprint density at radius 1 is 0.882 bits per heavy atom. The fourth-order valence-electron chi connectivity index (χ4n) is 4.72. The Bertz CT molecular complexity index is 1220. The van der Waals surface area contributed by atoms with Gasteiger partial charge in [0.2, 0.25) is 10.0 Å². The van der Waals surface area contributed by atoms with Gasteiger partial charge in [0, 0.05) is 50.2 Å². The first kappa shape index (κ1) is 23.2. The summed E-state index contributed by atoms with van der Waals surface area (Å²) in [4.78, 5) is 7.77. The number of para-hydroxylation sites is 1. The number of morpholine rings is 1. The molecule has 0 amide bonds. The number of nitrogens with one attached hydrogen (secondary N) is 1. The summed E-state index contributed by atoms with van der Waals surface area (Å²) in [5.74, 6) is 1.08. The molecule has 0 atom stereocenters. The lowest BCUT2D eigenvalue weighted by atomic mass is 10.1. The van der Waals surface area contributed by atoms with Crippen molar-refractivity contribution in [2.24, 2.45) is 0 Å². The summed E-state index contributed by atoms with van der Waals surface area (Å²) >= 11 is 0. The van der Waals surface area contributed by atoms with E-state index < -0.39 is 10.0 Å². The van der Waals surface area contributed by atoms with Crippen LogP contribution in [0.3, 0.4) is 0 Å². The third-order valence-corrected chi connectivity index (χ3v) is 8.52. The molecule has 7 nitrogen and oxygen atoms in total. The zero-order chi connectivity index (χ0) is 23.4. The highest BCUT2D eigenvalue weighted by Crippen LogP contribution is 2.26. The molecule has 1 N–H and O–H groups in total. The molecule has 3 aromatic rings. The molecule has 1 aromatic heterocycles. The second-order valence-corrected chi connectivity index (χ2v) is 10.9. The van der Waals surface area contributed by atoms with Crippen molar-refractivity contribution in [3.8, 4) is 0 Å². The van der Waals surface area contributed by atoms with Crippen LogP contribution >= 0.6 is 0 Å². The van der Waals surface area contributed by atoms with E-state index >= 15 is 0 Å². The molecule has 5 rings (SSSR count). The first-order valence-electron chi connectivity index (χ1n) is 12.1. The molecule has 2 saturated heterocycles. The smallest absolute Gasteiger partial charge is 0.243 e. The van der Waals surface area contributed by atoms with Crippen LogP contribution in [-0.4, -0.2) is 57.1 Å². The molecular weight excluding hydrogens is 448 g/mol. The molecule has 34 heavy (non-hydrogen) atoms. The van der Waals surface area contributed by atoms with Gasteiger partial charge >= 0.3 is 0 Å². The van der Waals surface area contributed by atoms with Gasteiger partial charge in [-0.05, 0) is 49.1 Å². The van der Waals surface area contributed by atoms with Gasteiger partial charge in [0.1, 0.15) is 5.82 Å². The molecule has 0 radical (unpaired) electrons. The summed E-state index contributed by atoms with van der Waals surface area (Å²) < 4.78 is 32.4. The van der Waals surface area contributed by atoms with Crippen molar-refractivity contribution < 1.29 is 13.2 Å². The van der Waals surface area contributed by atoms with Crippen molar-refractivity contribution >= 4 is 26.7 Å². The lowest BCUT2D eigenvalue weighted by Crippen LogP contribution is -2.40. The first-order valence-corrected chi connectivity index (χ1v) is 13.6. The number of hydrogen-bond acceptors (Lipinski definition) is 6. The van der Waals surface area contributed by atoms with Crippen LogP contribution in [0, 0.1) is 0 Å². The van der Waals surface area contributed by atoms with Gasteiger partial charge in [0.15, 0.2) is 0 Å². The molecule has 2 aliphatic rings. The fourth-order valence-corrected chi connectivity index (χ4v) is 6.12. The maximum Gasteiger partial charge on any atom is 0.243 e. The number of sulfonamides is 1. The highest BCUT2D eigenvalue weighted by atomic mass is 32.2. The van der Waals surface area contributed by atoms with E-state index in [1.165, 1.54) is 29.1 Å². The molecule has 8 heteroatoms. The number of nitrogens with zero attached hydrogens (tertiary/aromatic N) is 3. The Labute approximate surface area is 201 Å². The Kier molecular flexibility index (Phi) is 7.10. The van der Waals surface area contributed by atoms with Crippen LogP contribution in [0.15, 0.2) is 59.5 Å². The number of hydrogen-bond donors (Lipinski definition) is 1. The van der Waals surface area contributed by atoms with Crippen molar-refractivity contribution in [2.45, 2.75) is 37.2 Å². The average Bonchev–Trinajstić information content (AvgIpc) is 2.89. The SMILES string of the molecule is O=S(=O)(c1ccc(CNCc2cc3ccccc3nc2N2CCCCC2)cc1)N1CCOCC1. The minimum Gasteiger partial charge on any atom is -0.379 e. The Hall–Kier alpha value is -2.52. The van der Waals surface area contributed by atoms with Crippen LogP contribution in [-0.2, 0) is 27.8 Å². The zero-order valence-corrected chi connectivity index (χ0v) is 20.3. The van der Waals surface area contributed by atoms with Gasteiger partial charge in [-0.2, -0.15) is 4.31 Å². The van der Waals surface area contributed by atoms with Crippen molar-refractivity contribution in [1.82, 2.24) is 14.6 Å². The minimum atomic E-state index is -3.46. The van der Waals surface area contributed by atoms with Crippen LogP contribution in [0.1, 0.15) is 30.4 Å². The van der Waals surface area contributed by atoms with Gasteiger partial charge in [-0.25, -0.2) is 13.4 Å². The fraction of sp³-hybridized carbons (Fsp3) is 0.423. The highest BCUT2D eigenvalue weighted by Gasteiger charge is 2.26. The first-order chi connectivity index (χ1) is 16.6. The van der Waals surface area contributed by atoms with E-state index in [4.69, 9.17) is 9.72 Å². The molecule has 0 saturated carbocycles. The number of fused-ring (bicyclic) bond motifs is 1. The minimum absolute atomic E-state index is 0.337. The monoisotopic (exact) mass is 480 g/mol. The number of pyridine rings is 1. The number of anilines is 1. The van der Waals surface area contributed by atoms with Crippen LogP contribution in [0.2, 0.25) is 0 Å². The summed E-state index contributed by atoms with van der Waals surface area (Å²) in [6.45, 7) is 5.18. The van der Waals surface area contributed by atoms with Crippen LogP contribution < -0.4 is 10.2 Å². The largest absolute Gasteiger partial charge is 0.379 e. The van der Waals surface area contributed by atoms with Gasteiger partial charge in [-0.15, -0.1) is 0 Å². The number of ether oxygens (including phenoxy) is 1. The highest BCUT2D eigenvalue weighted by molar-refractivity contribution is 7.89. The van der Waals surface area contributed by atoms with Crippen molar-refractivity contribution in [3.05, 3.63) is 65.7 Å². The number of aromatic nitrogens is 1. The summed E-state index contributed by atoms with van der Waals surface area (Å²) in [5.41, 5.74) is 3.28. The van der Waals surface area contributed by atoms with Gasteiger partial charge < -0.3 is 15.0 Å². The Morgan fingerprint density at radius 3 is 2.38 bits per heavy atom. The number of benzene rings is 2. The van der Waals surface area contributed by atoms with E-state index in [9.17, 15) is 8.42 Å². The van der Waals surface area contributed by atoms with Gasteiger partial charge in [-0.1, -0.05) is 30.3 Å². The quantitative estimate of drug-likeness (QED) is 0.558. The average molecular weight is 481 g/mol. The molecule has 2 aliphatic heterocycles. The van der Waals surface area contributed by atoms with Gasteiger partial charge in [0.05, 0.1) is 23.6 Å². The topological polar surface area (TPSA) is 74.8 Å². The van der Waals surface area contributed by atoms with Crippen LogP contribution in [0.25, 0.3) is 10.9 Å². The maximum atomic E-state index is 12.8. The molecule has 180 valence electrons. The standard InChI is InChI=1S/C26H32N4O3S/c31-34(32,30-14-16-33-17-15-30)24-10-8-21(9-11-24)19-27-20-23-18-22-6-2-3-7-25(22)28-26(23)29-12-4-1-5-13-29/h2-3,6-11,18,27H,1,4-5,12-17,19-20H2. The predicted molar refractivity (Wildman–Crippen MR) is 134 cm³/mol. The lowest BCUT2D eigenvalue weighted by Gasteiger charge is -2.30.